The third-order valence-corrected chi connectivity index (χ3v) is 3.41. The first-order valence-electron chi connectivity index (χ1n) is 6.09. The van der Waals surface area contributed by atoms with E-state index in [1.165, 1.54) is 0 Å². The fourth-order valence-corrected chi connectivity index (χ4v) is 2.08. The molecule has 2 rings (SSSR count). The summed E-state index contributed by atoms with van der Waals surface area (Å²) in [7, 11) is 0. The number of carbonyl (C=O) groups excluding carboxylic acids is 1. The van der Waals surface area contributed by atoms with E-state index in [2.05, 4.69) is 15.5 Å². The Morgan fingerprint density at radius 2 is 2.10 bits per heavy atom. The minimum absolute atomic E-state index is 0.0466. The summed E-state index contributed by atoms with van der Waals surface area (Å²) in [5.41, 5.74) is 0.356. The summed E-state index contributed by atoms with van der Waals surface area (Å²) in [4.78, 5) is 34.9. The first-order valence-corrected chi connectivity index (χ1v) is 6.09. The maximum atomic E-state index is 12.2. The van der Waals surface area contributed by atoms with Gasteiger partial charge in [0.1, 0.15) is 11.5 Å². The van der Waals surface area contributed by atoms with E-state index in [0.717, 1.165) is 0 Å². The molecule has 1 aromatic heterocycles. The Hall–Kier alpha value is -2.22. The highest BCUT2D eigenvalue weighted by Crippen LogP contribution is 2.15. The lowest BCUT2D eigenvalue weighted by atomic mass is 10.0. The number of carbonyl (C=O) groups is 2. The van der Waals surface area contributed by atoms with Gasteiger partial charge in [0.05, 0.1) is 24.9 Å². The molecule has 8 nitrogen and oxygen atoms in total. The molecular weight excluding hydrogens is 266 g/mol. The van der Waals surface area contributed by atoms with Gasteiger partial charge in [-0.25, -0.2) is 5.10 Å². The normalized spacial score (nSPS) is 21.7. The summed E-state index contributed by atoms with van der Waals surface area (Å²) in [6.07, 6.45) is 0. The van der Waals surface area contributed by atoms with Crippen LogP contribution >= 0.6 is 0 Å². The zero-order valence-corrected chi connectivity index (χ0v) is 11.1. The van der Waals surface area contributed by atoms with Gasteiger partial charge in [-0.2, -0.15) is 5.10 Å². The lowest BCUT2D eigenvalue weighted by Crippen LogP contribution is -2.44. The van der Waals surface area contributed by atoms with Crippen LogP contribution in [0.25, 0.3) is 0 Å². The number of carboxylic acids is 1. The maximum absolute atomic E-state index is 12.2. The van der Waals surface area contributed by atoms with E-state index in [4.69, 9.17) is 9.84 Å². The number of nitrogens with zero attached hydrogens (tertiary/aromatic N) is 1. The van der Waals surface area contributed by atoms with Crippen LogP contribution in [0.15, 0.2) is 4.79 Å². The van der Waals surface area contributed by atoms with Crippen LogP contribution in [0.2, 0.25) is 0 Å². The summed E-state index contributed by atoms with van der Waals surface area (Å²) in [6, 6.07) is -0.646. The molecule has 108 valence electrons. The molecule has 0 aromatic carbocycles. The van der Waals surface area contributed by atoms with Gasteiger partial charge >= 0.3 is 5.97 Å². The van der Waals surface area contributed by atoms with Gasteiger partial charge < -0.3 is 15.2 Å². The molecular formula is C12H15N3O5. The second-order valence-electron chi connectivity index (χ2n) is 4.70. The lowest BCUT2D eigenvalue weighted by Gasteiger charge is -2.16. The fraction of sp³-hybridized carbons (Fsp3) is 0.500. The van der Waals surface area contributed by atoms with E-state index in [1.54, 1.807) is 13.8 Å². The molecule has 2 heterocycles. The van der Waals surface area contributed by atoms with Crippen LogP contribution in [0.1, 0.15) is 21.6 Å². The lowest BCUT2D eigenvalue weighted by molar-refractivity contribution is -0.142. The molecule has 1 fully saturated rings. The van der Waals surface area contributed by atoms with Crippen LogP contribution in [0, 0.1) is 19.8 Å². The number of ether oxygens (including phenoxy) is 1. The standard InChI is InChI=1S/C12H15N3O5/c1-5-6(2)14-15-11(17)9(5)10(16)13-8-4-20-3-7(8)12(18)19/h7-8H,3-4H2,1-2H3,(H,13,16)(H,15,17)(H,18,19). The van der Waals surface area contributed by atoms with E-state index in [0.29, 0.717) is 11.3 Å². The van der Waals surface area contributed by atoms with E-state index in [9.17, 15) is 14.4 Å². The van der Waals surface area contributed by atoms with Gasteiger partial charge in [-0.1, -0.05) is 0 Å². The molecule has 0 spiro atoms. The molecule has 1 aliphatic rings. The molecule has 3 N–H and O–H groups in total. The zero-order valence-electron chi connectivity index (χ0n) is 11.1. The van der Waals surface area contributed by atoms with Crippen LogP contribution < -0.4 is 10.9 Å². The second-order valence-corrected chi connectivity index (χ2v) is 4.70. The van der Waals surface area contributed by atoms with Crippen molar-refractivity contribution < 1.29 is 19.4 Å². The molecule has 2 unspecified atom stereocenters. The molecule has 1 aromatic rings. The average Bonchev–Trinajstić information content (AvgIpc) is 2.82. The van der Waals surface area contributed by atoms with E-state index in [-0.39, 0.29) is 18.8 Å². The molecule has 1 amide bonds. The average molecular weight is 281 g/mol. The minimum Gasteiger partial charge on any atom is -0.481 e. The SMILES string of the molecule is Cc1n[nH]c(=O)c(C(=O)NC2COCC2C(=O)O)c1C. The Morgan fingerprint density at radius 3 is 2.75 bits per heavy atom. The molecule has 8 heteroatoms. The highest BCUT2D eigenvalue weighted by atomic mass is 16.5. The van der Waals surface area contributed by atoms with Gasteiger partial charge in [0.15, 0.2) is 0 Å². The minimum atomic E-state index is -1.04. The number of aromatic nitrogens is 2. The summed E-state index contributed by atoms with van der Waals surface area (Å²) in [6.45, 7) is 3.45. The van der Waals surface area contributed by atoms with Crippen molar-refractivity contribution in [1.82, 2.24) is 15.5 Å². The quantitative estimate of drug-likeness (QED) is 0.668. The van der Waals surface area contributed by atoms with Crippen LogP contribution in [0.3, 0.4) is 0 Å². The first kappa shape index (κ1) is 14.2. The van der Waals surface area contributed by atoms with Crippen molar-refractivity contribution in [1.29, 1.82) is 0 Å². The van der Waals surface area contributed by atoms with E-state index in [1.807, 2.05) is 0 Å². The smallest absolute Gasteiger partial charge is 0.311 e. The summed E-state index contributed by atoms with van der Waals surface area (Å²) in [5, 5.41) is 17.5. The molecule has 1 saturated heterocycles. The van der Waals surface area contributed by atoms with Gasteiger partial charge in [0.2, 0.25) is 0 Å². The maximum Gasteiger partial charge on any atom is 0.311 e. The Morgan fingerprint density at radius 1 is 1.40 bits per heavy atom. The fourth-order valence-electron chi connectivity index (χ4n) is 2.08. The van der Waals surface area contributed by atoms with Crippen molar-refractivity contribution in [2.45, 2.75) is 19.9 Å². The predicted molar refractivity (Wildman–Crippen MR) is 67.5 cm³/mol. The van der Waals surface area contributed by atoms with Crippen LogP contribution in [-0.2, 0) is 9.53 Å². The number of aromatic amines is 1. The van der Waals surface area contributed by atoms with Crippen molar-refractivity contribution in [2.75, 3.05) is 13.2 Å². The zero-order chi connectivity index (χ0) is 14.9. The molecule has 1 aliphatic heterocycles. The number of amides is 1. The van der Waals surface area contributed by atoms with Crippen molar-refractivity contribution in [3.63, 3.8) is 0 Å². The Kier molecular flexibility index (Phi) is 3.84. The van der Waals surface area contributed by atoms with Crippen LogP contribution in [-0.4, -0.2) is 46.4 Å². The Labute approximate surface area is 114 Å². The summed E-state index contributed by atoms with van der Waals surface area (Å²) < 4.78 is 5.06. The number of nitrogens with one attached hydrogen (secondary N) is 2. The first-order chi connectivity index (χ1) is 9.41. The second kappa shape index (κ2) is 5.41. The van der Waals surface area contributed by atoms with Crippen LogP contribution in [0.5, 0.6) is 0 Å². The van der Waals surface area contributed by atoms with Gasteiger partial charge in [0.25, 0.3) is 11.5 Å². The number of H-pyrrole nitrogens is 1. The monoisotopic (exact) mass is 281 g/mol. The number of hydrogen-bond donors (Lipinski definition) is 3. The Bertz CT molecular complexity index is 610. The number of hydrogen-bond acceptors (Lipinski definition) is 5. The van der Waals surface area contributed by atoms with Crippen molar-refractivity contribution in [3.05, 3.63) is 27.2 Å². The van der Waals surface area contributed by atoms with Gasteiger partial charge in [0, 0.05) is 0 Å². The molecule has 0 bridgehead atoms. The molecule has 2 atom stereocenters. The summed E-state index contributed by atoms with van der Waals surface area (Å²) in [5.74, 6) is -2.46. The predicted octanol–water partition coefficient (Wildman–Crippen LogP) is -0.784. The highest BCUT2D eigenvalue weighted by Gasteiger charge is 2.35. The van der Waals surface area contributed by atoms with E-state index >= 15 is 0 Å². The van der Waals surface area contributed by atoms with Crippen LogP contribution in [0.4, 0.5) is 0 Å². The molecule has 0 radical (unpaired) electrons. The van der Waals surface area contributed by atoms with Gasteiger partial charge in [-0.05, 0) is 19.4 Å². The van der Waals surface area contributed by atoms with Crippen molar-refractivity contribution in [3.8, 4) is 0 Å². The molecule has 0 saturated carbocycles. The number of rotatable bonds is 3. The third-order valence-electron chi connectivity index (χ3n) is 3.41. The molecule has 20 heavy (non-hydrogen) atoms. The Balaban J connectivity index is 2.23. The molecule has 0 aliphatic carbocycles. The summed E-state index contributed by atoms with van der Waals surface area (Å²) >= 11 is 0. The van der Waals surface area contributed by atoms with Crippen molar-refractivity contribution in [2.24, 2.45) is 5.92 Å². The third kappa shape index (κ3) is 2.55. The number of carboxylic acid groups (broad SMARTS) is 1. The number of aryl methyl sites for hydroxylation is 1. The highest BCUT2D eigenvalue weighted by molar-refractivity contribution is 5.95. The van der Waals surface area contributed by atoms with E-state index < -0.39 is 29.4 Å². The van der Waals surface area contributed by atoms with Crippen molar-refractivity contribution >= 4 is 11.9 Å². The largest absolute Gasteiger partial charge is 0.481 e. The number of aliphatic carboxylic acids is 1. The van der Waals surface area contributed by atoms with Gasteiger partial charge in [-0.15, -0.1) is 0 Å². The van der Waals surface area contributed by atoms with Gasteiger partial charge in [-0.3, -0.25) is 14.4 Å². The topological polar surface area (TPSA) is 121 Å².